The molecule has 80 valence electrons. The second-order valence-electron chi connectivity index (χ2n) is 3.42. The van der Waals surface area contributed by atoms with Crippen molar-refractivity contribution < 1.29 is 5.11 Å². The van der Waals surface area contributed by atoms with Crippen LogP contribution in [0.25, 0.3) is 10.2 Å². The normalized spacial score (nSPS) is 11.1. The van der Waals surface area contributed by atoms with Crippen LogP contribution in [0.15, 0.2) is 16.5 Å². The summed E-state index contributed by atoms with van der Waals surface area (Å²) < 4.78 is 2.25. The summed E-state index contributed by atoms with van der Waals surface area (Å²) in [6.45, 7) is 2.56. The first kappa shape index (κ1) is 10.3. The highest BCUT2D eigenvalue weighted by Crippen LogP contribution is 2.19. The van der Waals surface area contributed by atoms with Gasteiger partial charge in [0.1, 0.15) is 4.70 Å². The lowest BCUT2D eigenvalue weighted by atomic mass is 10.3. The second-order valence-corrected chi connectivity index (χ2v) is 4.30. The largest absolute Gasteiger partial charge is 0.396 e. The maximum atomic E-state index is 11.9. The van der Waals surface area contributed by atoms with E-state index < -0.39 is 0 Å². The summed E-state index contributed by atoms with van der Waals surface area (Å²) in [4.78, 5) is 16.1. The molecule has 2 rings (SSSR count). The average Bonchev–Trinajstić information content (AvgIpc) is 2.61. The van der Waals surface area contributed by atoms with E-state index in [1.807, 2.05) is 12.3 Å². The lowest BCUT2D eigenvalue weighted by molar-refractivity contribution is 0.279. The average molecular weight is 224 g/mol. The van der Waals surface area contributed by atoms with E-state index in [0.29, 0.717) is 17.7 Å². The minimum absolute atomic E-state index is 0.00782. The zero-order chi connectivity index (χ0) is 10.8. The van der Waals surface area contributed by atoms with E-state index in [9.17, 15) is 4.79 Å². The molecule has 15 heavy (non-hydrogen) atoms. The third kappa shape index (κ3) is 1.80. The lowest BCUT2D eigenvalue weighted by Gasteiger charge is -2.02. The molecule has 0 aliphatic rings. The van der Waals surface area contributed by atoms with Gasteiger partial charge in [-0.05, 0) is 24.3 Å². The molecule has 0 aromatic carbocycles. The van der Waals surface area contributed by atoms with E-state index in [-0.39, 0.29) is 12.2 Å². The van der Waals surface area contributed by atoms with E-state index in [2.05, 4.69) is 4.98 Å². The molecule has 0 saturated heterocycles. The van der Waals surface area contributed by atoms with Crippen molar-refractivity contribution in [2.75, 3.05) is 6.61 Å². The third-order valence-electron chi connectivity index (χ3n) is 2.28. The summed E-state index contributed by atoms with van der Waals surface area (Å²) in [5.74, 6) is 0. The topological polar surface area (TPSA) is 55.1 Å². The van der Waals surface area contributed by atoms with Crippen LogP contribution in [0.5, 0.6) is 0 Å². The Morgan fingerprint density at radius 3 is 3.13 bits per heavy atom. The number of thiophene rings is 1. The summed E-state index contributed by atoms with van der Waals surface area (Å²) in [6.07, 6.45) is 2.14. The summed E-state index contributed by atoms with van der Waals surface area (Å²) in [5, 5.41) is 10.6. The lowest BCUT2D eigenvalue weighted by Crippen LogP contribution is -2.20. The molecule has 0 fully saturated rings. The fraction of sp³-hybridized carbons (Fsp3) is 0.400. The van der Waals surface area contributed by atoms with Gasteiger partial charge in [-0.15, -0.1) is 11.3 Å². The highest BCUT2D eigenvalue weighted by atomic mass is 32.1. The van der Waals surface area contributed by atoms with Crippen molar-refractivity contribution in [1.82, 2.24) is 9.55 Å². The highest BCUT2D eigenvalue weighted by Gasteiger charge is 2.07. The molecular formula is C10H12N2O2S. The fourth-order valence-electron chi connectivity index (χ4n) is 1.46. The Kier molecular flexibility index (Phi) is 2.83. The zero-order valence-electron chi connectivity index (χ0n) is 8.43. The minimum Gasteiger partial charge on any atom is -0.396 e. The molecule has 0 amide bonds. The number of hydrogen-bond donors (Lipinski definition) is 1. The number of nitrogens with zero attached hydrogens (tertiary/aromatic N) is 2. The van der Waals surface area contributed by atoms with Gasteiger partial charge < -0.3 is 5.11 Å². The van der Waals surface area contributed by atoms with Gasteiger partial charge in [-0.2, -0.15) is 0 Å². The Bertz CT molecular complexity index is 530. The van der Waals surface area contributed by atoms with Crippen LogP contribution in [-0.2, 0) is 6.54 Å². The van der Waals surface area contributed by atoms with Crippen LogP contribution in [-0.4, -0.2) is 21.3 Å². The molecule has 2 aromatic heterocycles. The van der Waals surface area contributed by atoms with E-state index in [0.717, 1.165) is 11.1 Å². The van der Waals surface area contributed by atoms with Crippen molar-refractivity contribution in [2.24, 2.45) is 0 Å². The quantitative estimate of drug-likeness (QED) is 0.850. The van der Waals surface area contributed by atoms with Crippen molar-refractivity contribution in [2.45, 2.75) is 19.9 Å². The zero-order valence-corrected chi connectivity index (χ0v) is 9.25. The first-order valence-electron chi connectivity index (χ1n) is 4.78. The Labute approximate surface area is 90.8 Å². The van der Waals surface area contributed by atoms with Crippen molar-refractivity contribution in [3.63, 3.8) is 0 Å². The third-order valence-corrected chi connectivity index (χ3v) is 3.36. The molecule has 0 saturated carbocycles. The van der Waals surface area contributed by atoms with Gasteiger partial charge in [0.05, 0.1) is 11.8 Å². The molecule has 0 aliphatic carbocycles. The predicted octanol–water partition coefficient (Wildman–Crippen LogP) is 1.15. The van der Waals surface area contributed by atoms with E-state index in [4.69, 9.17) is 5.11 Å². The Hall–Kier alpha value is -1.20. The van der Waals surface area contributed by atoms with E-state index in [1.165, 1.54) is 11.3 Å². The van der Waals surface area contributed by atoms with Crippen LogP contribution in [0.2, 0.25) is 0 Å². The molecule has 4 nitrogen and oxygen atoms in total. The number of hydrogen-bond acceptors (Lipinski definition) is 4. The molecule has 1 N–H and O–H groups in total. The number of aliphatic hydroxyl groups excluding tert-OH is 1. The first-order chi connectivity index (χ1) is 7.24. The highest BCUT2D eigenvalue weighted by molar-refractivity contribution is 7.17. The van der Waals surface area contributed by atoms with Crippen LogP contribution in [0.3, 0.4) is 0 Å². The van der Waals surface area contributed by atoms with E-state index >= 15 is 0 Å². The minimum atomic E-state index is -0.00782. The van der Waals surface area contributed by atoms with Crippen molar-refractivity contribution in [3.05, 3.63) is 27.6 Å². The Balaban J connectivity index is 2.51. The van der Waals surface area contributed by atoms with Crippen molar-refractivity contribution >= 4 is 21.6 Å². The molecular weight excluding hydrogens is 212 g/mol. The van der Waals surface area contributed by atoms with Gasteiger partial charge in [0.25, 0.3) is 5.56 Å². The molecule has 0 radical (unpaired) electrons. The van der Waals surface area contributed by atoms with Crippen LogP contribution >= 0.6 is 11.3 Å². The van der Waals surface area contributed by atoms with Crippen molar-refractivity contribution in [1.29, 1.82) is 0 Å². The smallest absolute Gasteiger partial charge is 0.271 e. The second kappa shape index (κ2) is 4.12. The molecule has 5 heteroatoms. The summed E-state index contributed by atoms with van der Waals surface area (Å²) in [7, 11) is 0. The maximum absolute atomic E-state index is 11.9. The fourth-order valence-corrected chi connectivity index (χ4v) is 2.41. The van der Waals surface area contributed by atoms with Gasteiger partial charge in [-0.25, -0.2) is 4.98 Å². The van der Waals surface area contributed by atoms with Gasteiger partial charge in [-0.1, -0.05) is 0 Å². The van der Waals surface area contributed by atoms with Crippen LogP contribution in [0, 0.1) is 6.92 Å². The van der Waals surface area contributed by atoms with Crippen LogP contribution in [0.1, 0.15) is 12.0 Å². The Morgan fingerprint density at radius 1 is 1.60 bits per heavy atom. The first-order valence-corrected chi connectivity index (χ1v) is 5.66. The molecule has 0 atom stereocenters. The van der Waals surface area contributed by atoms with Gasteiger partial charge in [0, 0.05) is 13.2 Å². The van der Waals surface area contributed by atoms with Gasteiger partial charge in [-0.3, -0.25) is 9.36 Å². The number of rotatable bonds is 3. The van der Waals surface area contributed by atoms with Crippen LogP contribution in [0.4, 0.5) is 0 Å². The molecule has 0 unspecified atom stereocenters. The summed E-state index contributed by atoms with van der Waals surface area (Å²) in [6, 6.07) is 0. The molecule has 0 aliphatic heterocycles. The van der Waals surface area contributed by atoms with Crippen molar-refractivity contribution in [3.8, 4) is 0 Å². The molecule has 0 spiro atoms. The van der Waals surface area contributed by atoms with Gasteiger partial charge in [0.15, 0.2) is 0 Å². The number of aryl methyl sites for hydroxylation is 2. The van der Waals surface area contributed by atoms with Gasteiger partial charge in [0.2, 0.25) is 0 Å². The monoisotopic (exact) mass is 224 g/mol. The summed E-state index contributed by atoms with van der Waals surface area (Å²) >= 11 is 1.43. The molecule has 2 aromatic rings. The van der Waals surface area contributed by atoms with E-state index in [1.54, 1.807) is 10.9 Å². The number of aromatic nitrogens is 2. The Morgan fingerprint density at radius 2 is 2.40 bits per heavy atom. The maximum Gasteiger partial charge on any atom is 0.271 e. The predicted molar refractivity (Wildman–Crippen MR) is 60.3 cm³/mol. The SMILES string of the molecule is Cc1csc2c(=O)n(CCCO)cnc12. The van der Waals surface area contributed by atoms with Crippen LogP contribution < -0.4 is 5.56 Å². The van der Waals surface area contributed by atoms with Gasteiger partial charge >= 0.3 is 0 Å². The molecule has 0 bridgehead atoms. The molecule has 2 heterocycles. The standard InChI is InChI=1S/C10H12N2O2S/c1-7-5-15-9-8(7)11-6-12(10(9)14)3-2-4-13/h5-6,13H,2-4H2,1H3. The number of fused-ring (bicyclic) bond motifs is 1. The summed E-state index contributed by atoms with van der Waals surface area (Å²) in [5.41, 5.74) is 1.83. The number of aliphatic hydroxyl groups is 1.